The lowest BCUT2D eigenvalue weighted by Crippen LogP contribution is -1.96. The molecule has 1 heterocycles. The summed E-state index contributed by atoms with van der Waals surface area (Å²) >= 11 is 6.15. The Morgan fingerprint density at radius 2 is 1.93 bits per heavy atom. The molecule has 0 N–H and O–H groups in total. The Labute approximate surface area is 93.5 Å². The van der Waals surface area contributed by atoms with E-state index in [4.69, 9.17) is 11.6 Å². The molecule has 1 aromatic heterocycles. The molecule has 1 aliphatic carbocycles. The van der Waals surface area contributed by atoms with Crippen molar-refractivity contribution in [1.29, 1.82) is 0 Å². The van der Waals surface area contributed by atoms with E-state index in [0.717, 1.165) is 11.4 Å². The highest BCUT2D eigenvalue weighted by atomic mass is 35.5. The maximum absolute atomic E-state index is 6.15. The van der Waals surface area contributed by atoms with Crippen LogP contribution in [0, 0.1) is 0 Å². The smallest absolute Gasteiger partial charge is 0.133 e. The van der Waals surface area contributed by atoms with Crippen LogP contribution in [-0.4, -0.2) is 9.78 Å². The Bertz CT molecular complexity index is 472. The molecule has 1 saturated carbocycles. The Morgan fingerprint density at radius 1 is 1.20 bits per heavy atom. The fourth-order valence-electron chi connectivity index (χ4n) is 1.70. The monoisotopic (exact) mass is 218 g/mol. The molecule has 2 aromatic rings. The zero-order valence-electron chi connectivity index (χ0n) is 8.23. The largest absolute Gasteiger partial charge is 0.222 e. The molecule has 0 unspecified atom stereocenters. The van der Waals surface area contributed by atoms with E-state index >= 15 is 0 Å². The summed E-state index contributed by atoms with van der Waals surface area (Å²) in [6.07, 6.45) is 2.50. The molecule has 0 bridgehead atoms. The van der Waals surface area contributed by atoms with Gasteiger partial charge in [-0.1, -0.05) is 29.8 Å². The molecule has 0 radical (unpaired) electrons. The van der Waals surface area contributed by atoms with Crippen LogP contribution < -0.4 is 0 Å². The first-order valence-electron chi connectivity index (χ1n) is 5.15. The summed E-state index contributed by atoms with van der Waals surface area (Å²) in [6, 6.07) is 12.0. The Kier molecular flexibility index (Phi) is 2.03. The third-order valence-electron chi connectivity index (χ3n) is 2.68. The highest BCUT2D eigenvalue weighted by Gasteiger charge is 2.27. The average Bonchev–Trinajstić information content (AvgIpc) is 3.04. The second kappa shape index (κ2) is 3.38. The molecular weight excluding hydrogens is 208 g/mol. The van der Waals surface area contributed by atoms with Gasteiger partial charge in [-0.05, 0) is 31.0 Å². The molecule has 0 saturated heterocycles. The fourth-order valence-corrected chi connectivity index (χ4v) is 1.95. The minimum absolute atomic E-state index is 0.646. The van der Waals surface area contributed by atoms with E-state index in [9.17, 15) is 0 Å². The number of halogens is 1. The third-order valence-corrected chi connectivity index (χ3v) is 2.95. The molecule has 0 amide bonds. The second-order valence-corrected chi connectivity index (χ2v) is 4.30. The fraction of sp³-hybridized carbons (Fsp3) is 0.250. The summed E-state index contributed by atoms with van der Waals surface area (Å²) in [6.45, 7) is 0. The lowest BCUT2D eigenvalue weighted by molar-refractivity contribution is 0.838. The lowest BCUT2D eigenvalue weighted by Gasteiger charge is -2.01. The molecule has 2 nitrogen and oxygen atoms in total. The van der Waals surface area contributed by atoms with Gasteiger partial charge in [-0.2, -0.15) is 5.10 Å². The van der Waals surface area contributed by atoms with Gasteiger partial charge in [0.05, 0.1) is 11.4 Å². The Morgan fingerprint density at radius 3 is 2.60 bits per heavy atom. The van der Waals surface area contributed by atoms with Gasteiger partial charge in [-0.15, -0.1) is 0 Å². The van der Waals surface area contributed by atoms with Crippen molar-refractivity contribution in [2.45, 2.75) is 18.8 Å². The van der Waals surface area contributed by atoms with Gasteiger partial charge in [-0.3, -0.25) is 0 Å². The van der Waals surface area contributed by atoms with E-state index in [-0.39, 0.29) is 0 Å². The summed E-state index contributed by atoms with van der Waals surface area (Å²) in [5.41, 5.74) is 2.15. The maximum atomic E-state index is 6.15. The van der Waals surface area contributed by atoms with Crippen LogP contribution in [0.15, 0.2) is 36.4 Å². The number of para-hydroxylation sites is 1. The lowest BCUT2D eigenvalue weighted by atomic mass is 10.3. The third kappa shape index (κ3) is 1.65. The molecule has 3 rings (SSSR count). The molecule has 76 valence electrons. The van der Waals surface area contributed by atoms with Gasteiger partial charge >= 0.3 is 0 Å². The molecule has 0 aliphatic heterocycles. The standard InChI is InChI=1S/C12H11ClN2/c13-12-8-11(9-6-7-9)14-15(12)10-4-2-1-3-5-10/h1-5,8-9H,6-7H2. The first kappa shape index (κ1) is 8.98. The van der Waals surface area contributed by atoms with Crippen LogP contribution in [0.4, 0.5) is 0 Å². The van der Waals surface area contributed by atoms with Crippen LogP contribution in [0.5, 0.6) is 0 Å². The highest BCUT2D eigenvalue weighted by Crippen LogP contribution is 2.40. The second-order valence-electron chi connectivity index (χ2n) is 3.91. The van der Waals surface area contributed by atoms with E-state index in [0.29, 0.717) is 11.1 Å². The molecule has 1 fully saturated rings. The number of hydrogen-bond acceptors (Lipinski definition) is 1. The summed E-state index contributed by atoms with van der Waals surface area (Å²) in [5, 5.41) is 5.22. The number of aromatic nitrogens is 2. The van der Waals surface area contributed by atoms with E-state index in [2.05, 4.69) is 5.10 Å². The average molecular weight is 219 g/mol. The van der Waals surface area contributed by atoms with Crippen LogP contribution in [0.3, 0.4) is 0 Å². The zero-order chi connectivity index (χ0) is 10.3. The molecule has 0 atom stereocenters. The van der Waals surface area contributed by atoms with Crippen molar-refractivity contribution in [3.63, 3.8) is 0 Å². The van der Waals surface area contributed by atoms with E-state index in [1.807, 2.05) is 36.4 Å². The van der Waals surface area contributed by atoms with Gasteiger partial charge in [0.2, 0.25) is 0 Å². The minimum Gasteiger partial charge on any atom is -0.222 e. The SMILES string of the molecule is Clc1cc(C2CC2)nn1-c1ccccc1. The zero-order valence-corrected chi connectivity index (χ0v) is 8.98. The van der Waals surface area contributed by atoms with Gasteiger partial charge in [0.25, 0.3) is 0 Å². The Hall–Kier alpha value is -1.28. The van der Waals surface area contributed by atoms with Gasteiger partial charge in [0.15, 0.2) is 0 Å². The van der Waals surface area contributed by atoms with E-state index in [1.165, 1.54) is 12.8 Å². The highest BCUT2D eigenvalue weighted by molar-refractivity contribution is 6.29. The van der Waals surface area contributed by atoms with Crippen molar-refractivity contribution in [1.82, 2.24) is 9.78 Å². The quantitative estimate of drug-likeness (QED) is 0.756. The summed E-state index contributed by atoms with van der Waals surface area (Å²) < 4.78 is 1.80. The van der Waals surface area contributed by atoms with Crippen molar-refractivity contribution >= 4 is 11.6 Å². The van der Waals surface area contributed by atoms with Crippen LogP contribution >= 0.6 is 11.6 Å². The number of rotatable bonds is 2. The van der Waals surface area contributed by atoms with Crippen molar-refractivity contribution in [2.24, 2.45) is 0 Å². The number of hydrogen-bond donors (Lipinski definition) is 0. The predicted molar refractivity (Wildman–Crippen MR) is 60.5 cm³/mol. The summed E-state index contributed by atoms with van der Waals surface area (Å²) in [7, 11) is 0. The van der Waals surface area contributed by atoms with Crippen molar-refractivity contribution < 1.29 is 0 Å². The van der Waals surface area contributed by atoms with Crippen LogP contribution in [0.1, 0.15) is 24.5 Å². The molecule has 3 heteroatoms. The summed E-state index contributed by atoms with van der Waals surface area (Å²) in [5.74, 6) is 0.646. The number of benzene rings is 1. The van der Waals surface area contributed by atoms with Gasteiger partial charge in [0, 0.05) is 5.92 Å². The van der Waals surface area contributed by atoms with Gasteiger partial charge in [0.1, 0.15) is 5.15 Å². The van der Waals surface area contributed by atoms with Gasteiger partial charge in [-0.25, -0.2) is 4.68 Å². The van der Waals surface area contributed by atoms with E-state index < -0.39 is 0 Å². The first-order chi connectivity index (χ1) is 7.34. The molecule has 0 spiro atoms. The molecule has 15 heavy (non-hydrogen) atoms. The van der Waals surface area contributed by atoms with Crippen LogP contribution in [0.25, 0.3) is 5.69 Å². The molecule has 1 aromatic carbocycles. The van der Waals surface area contributed by atoms with Crippen LogP contribution in [0.2, 0.25) is 5.15 Å². The minimum atomic E-state index is 0.646. The molecule has 1 aliphatic rings. The maximum Gasteiger partial charge on any atom is 0.133 e. The van der Waals surface area contributed by atoms with Gasteiger partial charge < -0.3 is 0 Å². The Balaban J connectivity index is 2.04. The van der Waals surface area contributed by atoms with E-state index in [1.54, 1.807) is 4.68 Å². The topological polar surface area (TPSA) is 17.8 Å². The van der Waals surface area contributed by atoms with Crippen LogP contribution in [-0.2, 0) is 0 Å². The van der Waals surface area contributed by atoms with Crippen molar-refractivity contribution in [3.8, 4) is 5.69 Å². The molecular formula is C12H11ClN2. The van der Waals surface area contributed by atoms with Crippen molar-refractivity contribution in [2.75, 3.05) is 0 Å². The van der Waals surface area contributed by atoms with Crippen molar-refractivity contribution in [3.05, 3.63) is 47.2 Å². The predicted octanol–water partition coefficient (Wildman–Crippen LogP) is 3.40. The first-order valence-corrected chi connectivity index (χ1v) is 5.53. The normalized spacial score (nSPS) is 15.5. The number of nitrogens with zero attached hydrogens (tertiary/aromatic N) is 2. The summed E-state index contributed by atoms with van der Waals surface area (Å²) in [4.78, 5) is 0.